The van der Waals surface area contributed by atoms with Gasteiger partial charge in [0.05, 0.1) is 5.60 Å². The Hall–Kier alpha value is 0.250. The van der Waals surface area contributed by atoms with Crippen molar-refractivity contribution < 1.29 is 4.74 Å². The second-order valence-corrected chi connectivity index (χ2v) is 4.75. The summed E-state index contributed by atoms with van der Waals surface area (Å²) in [5.41, 5.74) is 0.171. The lowest BCUT2D eigenvalue weighted by Crippen LogP contribution is -2.41. The van der Waals surface area contributed by atoms with Crippen LogP contribution in [0.5, 0.6) is 0 Å². The molecule has 0 aromatic rings. The fourth-order valence-electron chi connectivity index (χ4n) is 2.35. The molecule has 0 amide bonds. The summed E-state index contributed by atoms with van der Waals surface area (Å²) in [6, 6.07) is 0. The van der Waals surface area contributed by atoms with E-state index in [4.69, 9.17) is 16.3 Å². The van der Waals surface area contributed by atoms with Crippen LogP contribution >= 0.6 is 11.6 Å². The van der Waals surface area contributed by atoms with Crippen molar-refractivity contribution in [3.05, 3.63) is 0 Å². The first-order chi connectivity index (χ1) is 5.77. The van der Waals surface area contributed by atoms with Gasteiger partial charge in [0.15, 0.2) is 0 Å². The molecule has 1 heterocycles. The molecule has 12 heavy (non-hydrogen) atoms. The van der Waals surface area contributed by atoms with Gasteiger partial charge < -0.3 is 4.74 Å². The number of hydrogen-bond donors (Lipinski definition) is 0. The fraction of sp³-hybridized carbons (Fsp3) is 1.00. The van der Waals surface area contributed by atoms with Crippen LogP contribution in [0.2, 0.25) is 0 Å². The first kappa shape index (κ1) is 8.83. The molecule has 1 nitrogen and oxygen atoms in total. The minimum atomic E-state index is 0.171. The van der Waals surface area contributed by atoms with E-state index in [1.54, 1.807) is 0 Å². The Morgan fingerprint density at radius 2 is 2.17 bits per heavy atom. The van der Waals surface area contributed by atoms with Gasteiger partial charge in [0, 0.05) is 12.0 Å². The maximum Gasteiger partial charge on any atom is 0.0722 e. The molecule has 2 atom stereocenters. The Bertz CT molecular complexity index is 167. The number of rotatable bonds is 2. The quantitative estimate of drug-likeness (QED) is 0.606. The smallest absolute Gasteiger partial charge is 0.0722 e. The van der Waals surface area contributed by atoms with E-state index in [1.807, 2.05) is 0 Å². The van der Waals surface area contributed by atoms with Crippen LogP contribution < -0.4 is 0 Å². The lowest BCUT2D eigenvalue weighted by atomic mass is 9.86. The van der Waals surface area contributed by atoms with Crippen molar-refractivity contribution in [1.82, 2.24) is 0 Å². The molecule has 1 aliphatic carbocycles. The first-order valence-electron chi connectivity index (χ1n) is 5.05. The Balaban J connectivity index is 2.04. The van der Waals surface area contributed by atoms with E-state index in [0.717, 1.165) is 31.8 Å². The maximum atomic E-state index is 6.17. The first-order valence-corrected chi connectivity index (χ1v) is 5.48. The molecule has 0 bridgehead atoms. The Kier molecular flexibility index (Phi) is 2.35. The third-order valence-electron chi connectivity index (χ3n) is 3.31. The molecule has 2 heteroatoms. The van der Waals surface area contributed by atoms with Crippen molar-refractivity contribution in [2.75, 3.05) is 6.61 Å². The monoisotopic (exact) mass is 188 g/mol. The molecule has 2 unspecified atom stereocenters. The van der Waals surface area contributed by atoms with Crippen LogP contribution in [-0.2, 0) is 4.74 Å². The molecular weight excluding hydrogens is 172 g/mol. The Morgan fingerprint density at radius 3 is 2.67 bits per heavy atom. The zero-order valence-corrected chi connectivity index (χ0v) is 8.44. The Labute approximate surface area is 79.4 Å². The van der Waals surface area contributed by atoms with Crippen molar-refractivity contribution in [3.8, 4) is 0 Å². The summed E-state index contributed by atoms with van der Waals surface area (Å²) in [7, 11) is 0. The van der Waals surface area contributed by atoms with Crippen molar-refractivity contribution in [1.29, 1.82) is 0 Å². The van der Waals surface area contributed by atoms with Crippen LogP contribution in [0.3, 0.4) is 0 Å². The molecule has 2 rings (SSSR count). The highest BCUT2D eigenvalue weighted by atomic mass is 35.5. The standard InChI is InChI=1S/C10H17ClO/c1-2-10(8-3-4-8)7-9(11)5-6-12-10/h8-9H,2-7H2,1H3. The van der Waals surface area contributed by atoms with Crippen LogP contribution in [-0.4, -0.2) is 17.6 Å². The molecule has 1 saturated carbocycles. The highest BCUT2D eigenvalue weighted by Gasteiger charge is 2.47. The normalized spacial score (nSPS) is 43.0. The third-order valence-corrected chi connectivity index (χ3v) is 3.68. The third kappa shape index (κ3) is 1.49. The number of halogens is 1. The molecular formula is C10H17ClO. The second-order valence-electron chi connectivity index (χ2n) is 4.13. The van der Waals surface area contributed by atoms with Gasteiger partial charge in [-0.2, -0.15) is 0 Å². The average Bonchev–Trinajstić information content (AvgIpc) is 2.86. The minimum absolute atomic E-state index is 0.171. The van der Waals surface area contributed by atoms with Crippen molar-refractivity contribution in [3.63, 3.8) is 0 Å². The van der Waals surface area contributed by atoms with Gasteiger partial charge in [-0.05, 0) is 38.0 Å². The summed E-state index contributed by atoms with van der Waals surface area (Å²) in [5, 5.41) is 0.360. The lowest BCUT2D eigenvalue weighted by molar-refractivity contribution is -0.0941. The van der Waals surface area contributed by atoms with Crippen LogP contribution in [0, 0.1) is 5.92 Å². The van der Waals surface area contributed by atoms with Gasteiger partial charge in [0.25, 0.3) is 0 Å². The molecule has 0 radical (unpaired) electrons. The highest BCUT2D eigenvalue weighted by molar-refractivity contribution is 6.20. The van der Waals surface area contributed by atoms with Crippen LogP contribution in [0.1, 0.15) is 39.0 Å². The van der Waals surface area contributed by atoms with Gasteiger partial charge in [-0.15, -0.1) is 11.6 Å². The predicted molar refractivity (Wildman–Crippen MR) is 50.6 cm³/mol. The topological polar surface area (TPSA) is 9.23 Å². The number of ether oxygens (including phenoxy) is 1. The molecule has 2 aliphatic rings. The molecule has 0 aromatic carbocycles. The van der Waals surface area contributed by atoms with E-state index in [-0.39, 0.29) is 5.60 Å². The average molecular weight is 189 g/mol. The van der Waals surface area contributed by atoms with E-state index >= 15 is 0 Å². The summed E-state index contributed by atoms with van der Waals surface area (Å²) in [4.78, 5) is 0. The molecule has 70 valence electrons. The van der Waals surface area contributed by atoms with E-state index in [9.17, 15) is 0 Å². The van der Waals surface area contributed by atoms with E-state index < -0.39 is 0 Å². The number of alkyl halides is 1. The molecule has 1 aliphatic heterocycles. The molecule has 0 spiro atoms. The summed E-state index contributed by atoms with van der Waals surface area (Å²) in [5.74, 6) is 0.823. The van der Waals surface area contributed by atoms with Crippen LogP contribution in [0.25, 0.3) is 0 Å². The lowest BCUT2D eigenvalue weighted by Gasteiger charge is -2.39. The van der Waals surface area contributed by atoms with Gasteiger partial charge in [0.2, 0.25) is 0 Å². The fourth-order valence-corrected chi connectivity index (χ4v) is 2.71. The highest BCUT2D eigenvalue weighted by Crippen LogP contribution is 2.48. The zero-order valence-electron chi connectivity index (χ0n) is 7.68. The minimum Gasteiger partial charge on any atom is -0.375 e. The van der Waals surface area contributed by atoms with Gasteiger partial charge >= 0.3 is 0 Å². The van der Waals surface area contributed by atoms with E-state index in [0.29, 0.717) is 5.38 Å². The zero-order chi connectivity index (χ0) is 8.60. The molecule has 0 N–H and O–H groups in total. The van der Waals surface area contributed by atoms with Gasteiger partial charge in [0.1, 0.15) is 0 Å². The summed E-state index contributed by atoms with van der Waals surface area (Å²) in [6.07, 6.45) is 5.97. The van der Waals surface area contributed by atoms with Crippen molar-refractivity contribution >= 4 is 11.6 Å². The SMILES string of the molecule is CCC1(C2CC2)CC(Cl)CCO1. The molecule has 2 fully saturated rings. The Morgan fingerprint density at radius 1 is 1.42 bits per heavy atom. The summed E-state index contributed by atoms with van der Waals surface area (Å²) >= 11 is 6.17. The van der Waals surface area contributed by atoms with Gasteiger partial charge in [-0.3, -0.25) is 0 Å². The second kappa shape index (κ2) is 3.19. The predicted octanol–water partition coefficient (Wildman–Crippen LogP) is 2.96. The number of hydrogen-bond acceptors (Lipinski definition) is 1. The van der Waals surface area contributed by atoms with E-state index in [1.165, 1.54) is 12.8 Å². The van der Waals surface area contributed by atoms with Crippen molar-refractivity contribution in [2.45, 2.75) is 50.0 Å². The van der Waals surface area contributed by atoms with E-state index in [2.05, 4.69) is 6.92 Å². The summed E-state index contributed by atoms with van der Waals surface area (Å²) < 4.78 is 5.92. The van der Waals surface area contributed by atoms with Crippen LogP contribution in [0.4, 0.5) is 0 Å². The van der Waals surface area contributed by atoms with Gasteiger partial charge in [-0.1, -0.05) is 6.92 Å². The molecule has 1 saturated heterocycles. The molecule has 0 aromatic heterocycles. The van der Waals surface area contributed by atoms with Crippen molar-refractivity contribution in [2.24, 2.45) is 5.92 Å². The largest absolute Gasteiger partial charge is 0.375 e. The van der Waals surface area contributed by atoms with Gasteiger partial charge in [-0.25, -0.2) is 0 Å². The van der Waals surface area contributed by atoms with Crippen LogP contribution in [0.15, 0.2) is 0 Å². The maximum absolute atomic E-state index is 6.17. The summed E-state index contributed by atoms with van der Waals surface area (Å²) in [6.45, 7) is 3.10.